The van der Waals surface area contributed by atoms with Crippen LogP contribution in [-0.4, -0.2) is 4.98 Å². The first-order chi connectivity index (χ1) is 21.1. The molecule has 0 unspecified atom stereocenters. The Balaban J connectivity index is 1.37. The number of hydrogen-bond acceptors (Lipinski definition) is 6. The second-order valence-electron chi connectivity index (χ2n) is 10.5. The van der Waals surface area contributed by atoms with E-state index in [0.29, 0.717) is 0 Å². The first-order valence-corrected chi connectivity index (χ1v) is 15.9. The van der Waals surface area contributed by atoms with Gasteiger partial charge in [-0.2, -0.15) is 0 Å². The van der Waals surface area contributed by atoms with Crippen LogP contribution < -0.4 is 10.6 Å². The predicted molar refractivity (Wildman–Crippen MR) is 189 cm³/mol. The predicted octanol–water partition coefficient (Wildman–Crippen LogP) is 10.7. The molecule has 0 saturated carbocycles. The van der Waals surface area contributed by atoms with Gasteiger partial charge < -0.3 is 10.6 Å². The van der Waals surface area contributed by atoms with Crippen LogP contribution >= 0.6 is 36.6 Å². The molecule has 0 aliphatic rings. The molecule has 0 aliphatic carbocycles. The maximum absolute atomic E-state index is 4.96. The van der Waals surface area contributed by atoms with Crippen LogP contribution in [0.1, 0.15) is 23.2 Å². The summed E-state index contributed by atoms with van der Waals surface area (Å²) in [6.45, 7) is 0. The van der Waals surface area contributed by atoms with E-state index in [0.717, 1.165) is 47.5 Å². The Morgan fingerprint density at radius 1 is 0.581 bits per heavy atom. The third-order valence-electron chi connectivity index (χ3n) is 7.70. The summed E-state index contributed by atoms with van der Waals surface area (Å²) in [5.74, 6) is 0. The number of thiol groups is 2. The molecule has 6 heteroatoms. The fourth-order valence-electron chi connectivity index (χ4n) is 5.60. The second kappa shape index (κ2) is 12.2. The number of fused-ring (bicyclic) bond motifs is 2. The first kappa shape index (κ1) is 27.6. The highest BCUT2D eigenvalue weighted by Crippen LogP contribution is 2.42. The second-order valence-corrected chi connectivity index (χ2v) is 12.5. The van der Waals surface area contributed by atoms with E-state index in [-0.39, 0.29) is 12.1 Å². The molecular weight excluding hydrogens is 583 g/mol. The maximum Gasteiger partial charge on any atom is 0.124 e. The Kier molecular flexibility index (Phi) is 7.81. The van der Waals surface area contributed by atoms with Crippen molar-refractivity contribution < 1.29 is 0 Å². The minimum absolute atomic E-state index is 0.147. The highest BCUT2D eigenvalue weighted by Gasteiger charge is 2.28. The summed E-state index contributed by atoms with van der Waals surface area (Å²) in [6.07, 6.45) is 0. The van der Waals surface area contributed by atoms with Crippen LogP contribution in [0, 0.1) is 0 Å². The van der Waals surface area contributed by atoms with E-state index in [9.17, 15) is 0 Å². The molecule has 1 aromatic heterocycles. The van der Waals surface area contributed by atoms with Crippen molar-refractivity contribution in [2.45, 2.75) is 21.9 Å². The first-order valence-electron chi connectivity index (χ1n) is 14.2. The number of para-hydroxylation sites is 1. The number of anilines is 2. The van der Waals surface area contributed by atoms with Crippen LogP contribution in [-0.2, 0) is 0 Å². The standard InChI is InChI=1S/C37H29N3S3/c41-32-21-10-9-20-29(32)38-36(28-19-11-17-24-12-7-8-18-27(24)28)35(25-13-3-1-4-14-25)39-30-23-34-31(22-33(30)42)40-37(43-34)26-15-5-2-6-16-26/h1-23,35-36,38-39,41-42H/t35-,36-/m1/s1. The molecule has 3 nitrogen and oxygen atoms in total. The van der Waals surface area contributed by atoms with Crippen LogP contribution in [0.15, 0.2) is 149 Å². The smallest absolute Gasteiger partial charge is 0.124 e. The zero-order valence-corrected chi connectivity index (χ0v) is 25.8. The van der Waals surface area contributed by atoms with Crippen molar-refractivity contribution in [2.24, 2.45) is 0 Å². The zero-order chi connectivity index (χ0) is 29.2. The van der Waals surface area contributed by atoms with Crippen LogP contribution in [0.2, 0.25) is 0 Å². The molecule has 2 N–H and O–H groups in total. The van der Waals surface area contributed by atoms with Crippen LogP contribution in [0.3, 0.4) is 0 Å². The molecule has 0 fully saturated rings. The molecular formula is C37H29N3S3. The summed E-state index contributed by atoms with van der Waals surface area (Å²) < 4.78 is 1.11. The van der Waals surface area contributed by atoms with Crippen molar-refractivity contribution in [1.82, 2.24) is 4.98 Å². The van der Waals surface area contributed by atoms with Gasteiger partial charge >= 0.3 is 0 Å². The van der Waals surface area contributed by atoms with Crippen molar-refractivity contribution in [3.8, 4) is 10.6 Å². The molecule has 210 valence electrons. The summed E-state index contributed by atoms with van der Waals surface area (Å²) in [4.78, 5) is 6.67. The molecule has 6 aromatic carbocycles. The number of nitrogens with zero attached hydrogens (tertiary/aromatic N) is 1. The average molecular weight is 612 g/mol. The number of nitrogens with one attached hydrogen (secondary N) is 2. The van der Waals surface area contributed by atoms with Crippen LogP contribution in [0.5, 0.6) is 0 Å². The van der Waals surface area contributed by atoms with Gasteiger partial charge in [0, 0.05) is 26.7 Å². The van der Waals surface area contributed by atoms with Crippen LogP contribution in [0.25, 0.3) is 31.6 Å². The lowest BCUT2D eigenvalue weighted by Crippen LogP contribution is -2.26. The highest BCUT2D eigenvalue weighted by atomic mass is 32.1. The largest absolute Gasteiger partial charge is 0.375 e. The van der Waals surface area contributed by atoms with E-state index in [1.807, 2.05) is 36.4 Å². The van der Waals surface area contributed by atoms with Crippen molar-refractivity contribution in [1.29, 1.82) is 0 Å². The average Bonchev–Trinajstić information content (AvgIpc) is 3.47. The third-order valence-corrected chi connectivity index (χ3v) is 9.53. The number of aromatic nitrogens is 1. The Morgan fingerprint density at radius 2 is 1.26 bits per heavy atom. The summed E-state index contributed by atoms with van der Waals surface area (Å²) in [6, 6.07) is 48.1. The molecule has 0 spiro atoms. The Morgan fingerprint density at radius 3 is 2.07 bits per heavy atom. The van der Waals surface area contributed by atoms with E-state index in [1.54, 1.807) is 11.3 Å². The van der Waals surface area contributed by atoms with Gasteiger partial charge in [0.15, 0.2) is 0 Å². The number of hydrogen-bond donors (Lipinski definition) is 4. The zero-order valence-electron chi connectivity index (χ0n) is 23.2. The summed E-state index contributed by atoms with van der Waals surface area (Å²) in [5, 5.41) is 11.2. The number of thiazole rings is 1. The van der Waals surface area contributed by atoms with Gasteiger partial charge in [0.1, 0.15) is 5.01 Å². The van der Waals surface area contributed by atoms with Crippen molar-refractivity contribution in [2.75, 3.05) is 10.6 Å². The van der Waals surface area contributed by atoms with Gasteiger partial charge in [0.05, 0.1) is 22.3 Å². The lowest BCUT2D eigenvalue weighted by atomic mass is 9.89. The monoisotopic (exact) mass is 611 g/mol. The molecule has 0 aliphatic heterocycles. The molecule has 1 heterocycles. The Labute approximate surface area is 266 Å². The Hall–Kier alpha value is -4.23. The van der Waals surface area contributed by atoms with Gasteiger partial charge in [0.25, 0.3) is 0 Å². The van der Waals surface area contributed by atoms with E-state index < -0.39 is 0 Å². The molecule has 0 saturated heterocycles. The van der Waals surface area contributed by atoms with Crippen molar-refractivity contribution in [3.63, 3.8) is 0 Å². The lowest BCUT2D eigenvalue weighted by molar-refractivity contribution is 0.651. The fraction of sp³-hybridized carbons (Fsp3) is 0.0541. The minimum Gasteiger partial charge on any atom is -0.375 e. The van der Waals surface area contributed by atoms with E-state index in [4.69, 9.17) is 30.2 Å². The molecule has 0 amide bonds. The van der Waals surface area contributed by atoms with E-state index in [1.165, 1.54) is 16.3 Å². The van der Waals surface area contributed by atoms with Gasteiger partial charge in [-0.05, 0) is 46.2 Å². The van der Waals surface area contributed by atoms with E-state index >= 15 is 0 Å². The minimum atomic E-state index is -0.148. The topological polar surface area (TPSA) is 37.0 Å². The SMILES string of the molecule is Sc1cc2nc(-c3ccccc3)sc2cc1N[C@H](c1ccccc1)[C@H](Nc1ccccc1S)c1cccc2ccccc12. The fourth-order valence-corrected chi connectivity index (χ4v) is 7.06. The van der Waals surface area contributed by atoms with Gasteiger partial charge in [-0.15, -0.1) is 36.6 Å². The molecule has 2 atom stereocenters. The lowest BCUT2D eigenvalue weighted by Gasteiger charge is -2.33. The summed E-state index contributed by atoms with van der Waals surface area (Å²) >= 11 is 11.5. The summed E-state index contributed by atoms with van der Waals surface area (Å²) in [5.41, 5.74) is 6.35. The quantitative estimate of drug-likeness (QED) is 0.129. The van der Waals surface area contributed by atoms with Gasteiger partial charge in [-0.25, -0.2) is 4.98 Å². The Bertz CT molecular complexity index is 2020. The molecule has 7 rings (SSSR count). The van der Waals surface area contributed by atoms with Gasteiger partial charge in [-0.3, -0.25) is 0 Å². The number of rotatable bonds is 8. The normalized spacial score (nSPS) is 12.7. The molecule has 43 heavy (non-hydrogen) atoms. The molecule has 7 aromatic rings. The van der Waals surface area contributed by atoms with E-state index in [2.05, 4.69) is 114 Å². The van der Waals surface area contributed by atoms with Gasteiger partial charge in [0.2, 0.25) is 0 Å². The molecule has 0 bridgehead atoms. The molecule has 0 radical (unpaired) electrons. The van der Waals surface area contributed by atoms with Crippen molar-refractivity contribution in [3.05, 3.63) is 151 Å². The number of benzene rings is 6. The van der Waals surface area contributed by atoms with Gasteiger partial charge in [-0.1, -0.05) is 115 Å². The van der Waals surface area contributed by atoms with Crippen LogP contribution in [0.4, 0.5) is 11.4 Å². The summed E-state index contributed by atoms with van der Waals surface area (Å²) in [7, 11) is 0. The third kappa shape index (κ3) is 5.74. The maximum atomic E-state index is 4.96. The highest BCUT2D eigenvalue weighted by molar-refractivity contribution is 7.80. The van der Waals surface area contributed by atoms with Crippen molar-refractivity contribution >= 4 is 69.0 Å².